The van der Waals surface area contributed by atoms with Crippen LogP contribution in [0.3, 0.4) is 0 Å². The SMILES string of the molecule is c1ccc(-n2c3ccccc3c3cc(-c4cccc5c4sc4ccccc45)ccc32)c(-c2ccc3ccc4cccc5ccc2c3c45)c1. The summed E-state index contributed by atoms with van der Waals surface area (Å²) in [5.41, 5.74) is 8.67. The summed E-state index contributed by atoms with van der Waals surface area (Å²) in [6.07, 6.45) is 0. The molecule has 0 spiro atoms. The van der Waals surface area contributed by atoms with Crippen molar-refractivity contribution in [3.8, 4) is 27.9 Å². The number of fused-ring (bicyclic) bond motifs is 6. The fourth-order valence-corrected chi connectivity index (χ4v) is 9.48. The molecule has 0 fully saturated rings. The molecule has 0 saturated carbocycles. The molecule has 9 aromatic carbocycles. The number of aromatic nitrogens is 1. The van der Waals surface area contributed by atoms with Crippen LogP contribution < -0.4 is 0 Å². The van der Waals surface area contributed by atoms with Gasteiger partial charge in [0.1, 0.15) is 0 Å². The summed E-state index contributed by atoms with van der Waals surface area (Å²) in [6, 6.07) is 60.7. The fraction of sp³-hybridized carbons (Fsp3) is 0. The molecule has 0 aliphatic carbocycles. The van der Waals surface area contributed by atoms with Gasteiger partial charge in [0.15, 0.2) is 0 Å². The highest BCUT2D eigenvalue weighted by Gasteiger charge is 2.19. The van der Waals surface area contributed by atoms with Gasteiger partial charge in [0, 0.05) is 36.5 Å². The molecule has 0 unspecified atom stereocenters. The van der Waals surface area contributed by atoms with Gasteiger partial charge >= 0.3 is 0 Å². The summed E-state index contributed by atoms with van der Waals surface area (Å²) in [4.78, 5) is 0. The molecule has 0 aliphatic heterocycles. The highest BCUT2D eigenvalue weighted by atomic mass is 32.1. The maximum Gasteiger partial charge on any atom is 0.0541 e. The Hall–Kier alpha value is -5.96. The van der Waals surface area contributed by atoms with E-state index in [2.05, 4.69) is 168 Å². The Bertz CT molecular complexity index is 3050. The third-order valence-corrected chi connectivity index (χ3v) is 11.6. The van der Waals surface area contributed by atoms with Crippen molar-refractivity contribution < 1.29 is 0 Å². The van der Waals surface area contributed by atoms with Crippen molar-refractivity contribution in [2.24, 2.45) is 0 Å². The van der Waals surface area contributed by atoms with E-state index in [9.17, 15) is 0 Å². The first-order chi connectivity index (χ1) is 23.8. The molecule has 0 radical (unpaired) electrons. The van der Waals surface area contributed by atoms with E-state index in [1.165, 1.54) is 102 Å². The molecule has 0 atom stereocenters. The summed E-state index contributed by atoms with van der Waals surface area (Å²) < 4.78 is 5.16. The van der Waals surface area contributed by atoms with E-state index < -0.39 is 0 Å². The predicted molar refractivity (Wildman–Crippen MR) is 208 cm³/mol. The average molecular weight is 626 g/mol. The Balaban J connectivity index is 1.17. The molecule has 0 saturated heterocycles. The van der Waals surface area contributed by atoms with Gasteiger partial charge in [0.2, 0.25) is 0 Å². The first-order valence-electron chi connectivity index (χ1n) is 16.5. The molecule has 2 heterocycles. The number of benzene rings is 9. The van der Waals surface area contributed by atoms with Crippen LogP contribution in [0.25, 0.3) is 102 Å². The normalized spacial score (nSPS) is 12.2. The molecule has 1 nitrogen and oxygen atoms in total. The largest absolute Gasteiger partial charge is 0.309 e. The zero-order valence-electron chi connectivity index (χ0n) is 25.9. The van der Waals surface area contributed by atoms with E-state index in [0.29, 0.717) is 0 Å². The fourth-order valence-electron chi connectivity index (χ4n) is 8.24. The summed E-state index contributed by atoms with van der Waals surface area (Å²) in [5, 5.41) is 13.1. The zero-order valence-corrected chi connectivity index (χ0v) is 26.8. The second-order valence-electron chi connectivity index (χ2n) is 12.9. The van der Waals surface area contributed by atoms with E-state index in [1.807, 2.05) is 11.3 Å². The van der Waals surface area contributed by atoms with Crippen molar-refractivity contribution in [2.45, 2.75) is 0 Å². The van der Waals surface area contributed by atoms with Crippen molar-refractivity contribution in [3.63, 3.8) is 0 Å². The Morgan fingerprint density at radius 3 is 1.96 bits per heavy atom. The number of nitrogens with zero attached hydrogens (tertiary/aromatic N) is 1. The molecule has 2 aromatic heterocycles. The minimum atomic E-state index is 1.19. The minimum Gasteiger partial charge on any atom is -0.309 e. The van der Waals surface area contributed by atoms with Crippen LogP contribution >= 0.6 is 11.3 Å². The number of thiophene rings is 1. The van der Waals surface area contributed by atoms with Crippen LogP contribution in [-0.4, -0.2) is 4.57 Å². The van der Waals surface area contributed by atoms with E-state index in [4.69, 9.17) is 0 Å². The quantitative estimate of drug-likeness (QED) is 0.172. The van der Waals surface area contributed by atoms with E-state index in [0.717, 1.165) is 0 Å². The Labute approximate surface area is 280 Å². The molecule has 2 heteroatoms. The highest BCUT2D eigenvalue weighted by molar-refractivity contribution is 7.26. The molecule has 0 N–H and O–H groups in total. The molecular weight excluding hydrogens is 599 g/mol. The first-order valence-corrected chi connectivity index (χ1v) is 17.3. The van der Waals surface area contributed by atoms with Crippen LogP contribution in [0, 0.1) is 0 Å². The third kappa shape index (κ3) is 3.55. The van der Waals surface area contributed by atoms with Gasteiger partial charge in [-0.3, -0.25) is 0 Å². The summed E-state index contributed by atoms with van der Waals surface area (Å²) in [7, 11) is 0. The molecule has 0 aliphatic rings. The van der Waals surface area contributed by atoms with Crippen LogP contribution in [0.15, 0.2) is 164 Å². The van der Waals surface area contributed by atoms with Crippen LogP contribution in [-0.2, 0) is 0 Å². The van der Waals surface area contributed by atoms with Crippen molar-refractivity contribution >= 4 is 85.6 Å². The highest BCUT2D eigenvalue weighted by Crippen LogP contribution is 2.44. The topological polar surface area (TPSA) is 4.93 Å². The minimum absolute atomic E-state index is 1.19. The van der Waals surface area contributed by atoms with Gasteiger partial charge in [-0.1, -0.05) is 133 Å². The van der Waals surface area contributed by atoms with E-state index in [-0.39, 0.29) is 0 Å². The lowest BCUT2D eigenvalue weighted by molar-refractivity contribution is 1.18. The van der Waals surface area contributed by atoms with E-state index in [1.54, 1.807) is 0 Å². The number of hydrogen-bond donors (Lipinski definition) is 0. The monoisotopic (exact) mass is 625 g/mol. The van der Waals surface area contributed by atoms with E-state index >= 15 is 0 Å². The van der Waals surface area contributed by atoms with Crippen molar-refractivity contribution in [1.29, 1.82) is 0 Å². The van der Waals surface area contributed by atoms with Gasteiger partial charge < -0.3 is 4.57 Å². The number of rotatable bonds is 3. The second kappa shape index (κ2) is 9.78. The van der Waals surface area contributed by atoms with Gasteiger partial charge in [-0.05, 0) is 79.3 Å². The standard InChI is InChI=1S/C46H27NS/c1-4-16-40(34(11-1)33-24-21-30-20-19-28-9-7-10-29-22-25-37(33)45(30)44(28)29)47-41-17-5-2-12-35(41)39-27-31(23-26-42(39)47)32-14-8-15-38-36-13-3-6-18-43(36)48-46(32)38/h1-27H. The maximum absolute atomic E-state index is 2.47. The molecule has 0 bridgehead atoms. The maximum atomic E-state index is 2.47. The van der Waals surface area contributed by atoms with Crippen LogP contribution in [0.4, 0.5) is 0 Å². The molecule has 11 aromatic rings. The van der Waals surface area contributed by atoms with Crippen molar-refractivity contribution in [3.05, 3.63) is 164 Å². The van der Waals surface area contributed by atoms with Gasteiger partial charge in [-0.15, -0.1) is 11.3 Å². The van der Waals surface area contributed by atoms with Gasteiger partial charge in [0.25, 0.3) is 0 Å². The van der Waals surface area contributed by atoms with Crippen molar-refractivity contribution in [1.82, 2.24) is 4.57 Å². The first kappa shape index (κ1) is 26.1. The average Bonchev–Trinajstić information content (AvgIpc) is 3.69. The number of hydrogen-bond acceptors (Lipinski definition) is 1. The molecule has 48 heavy (non-hydrogen) atoms. The Kier molecular flexibility index (Phi) is 5.32. The molecular formula is C46H27NS. The van der Waals surface area contributed by atoms with Crippen LogP contribution in [0.5, 0.6) is 0 Å². The summed E-state index contributed by atoms with van der Waals surface area (Å²) >= 11 is 1.89. The van der Waals surface area contributed by atoms with Gasteiger partial charge in [0.05, 0.1) is 16.7 Å². The lowest BCUT2D eigenvalue weighted by Crippen LogP contribution is -1.97. The van der Waals surface area contributed by atoms with Crippen LogP contribution in [0.1, 0.15) is 0 Å². The van der Waals surface area contributed by atoms with Crippen molar-refractivity contribution in [2.75, 3.05) is 0 Å². The van der Waals surface area contributed by atoms with Gasteiger partial charge in [-0.2, -0.15) is 0 Å². The Morgan fingerprint density at radius 1 is 0.375 bits per heavy atom. The Morgan fingerprint density at radius 2 is 1.04 bits per heavy atom. The third-order valence-electron chi connectivity index (χ3n) is 10.4. The van der Waals surface area contributed by atoms with Crippen LogP contribution in [0.2, 0.25) is 0 Å². The molecule has 222 valence electrons. The molecule has 0 amide bonds. The zero-order chi connectivity index (χ0) is 31.3. The lowest BCUT2D eigenvalue weighted by Gasteiger charge is -2.18. The second-order valence-corrected chi connectivity index (χ2v) is 13.9. The summed E-state index contributed by atoms with van der Waals surface area (Å²) in [6.45, 7) is 0. The smallest absolute Gasteiger partial charge is 0.0541 e. The number of para-hydroxylation sites is 2. The van der Waals surface area contributed by atoms with Gasteiger partial charge in [-0.25, -0.2) is 0 Å². The predicted octanol–water partition coefficient (Wildman–Crippen LogP) is 13.4. The molecule has 11 rings (SSSR count). The lowest BCUT2D eigenvalue weighted by atomic mass is 9.89. The summed E-state index contributed by atoms with van der Waals surface area (Å²) in [5.74, 6) is 0.